The van der Waals surface area contributed by atoms with Crippen LogP contribution in [0.3, 0.4) is 0 Å². The van der Waals surface area contributed by atoms with Gasteiger partial charge in [-0.3, -0.25) is 9.59 Å². The lowest BCUT2D eigenvalue weighted by Crippen LogP contribution is -2.64. The third kappa shape index (κ3) is 15.7. The van der Waals surface area contributed by atoms with Gasteiger partial charge in [-0.2, -0.15) is 0 Å². The van der Waals surface area contributed by atoms with Gasteiger partial charge in [-0.25, -0.2) is 4.79 Å². The lowest BCUT2D eigenvalue weighted by atomic mass is 9.82. The minimum absolute atomic E-state index is 0.0643. The minimum Gasteiger partial charge on any atom is -0.431 e. The molecule has 0 saturated carbocycles. The number of carbonyl (C=O) groups is 3. The zero-order valence-corrected chi connectivity index (χ0v) is 32.2. The quantitative estimate of drug-likeness (QED) is 0.0317. The number of rotatable bonds is 22. The van der Waals surface area contributed by atoms with Crippen LogP contribution in [0.15, 0.2) is 42.5 Å². The Morgan fingerprint density at radius 1 is 1.02 bits per heavy atom. The number of allylic oxidation sites excluding steroid dienone is 2. The Morgan fingerprint density at radius 3 is 2.47 bits per heavy atom. The fourth-order valence-corrected chi connectivity index (χ4v) is 6.97. The molecule has 2 saturated heterocycles. The van der Waals surface area contributed by atoms with Gasteiger partial charge < -0.3 is 63.6 Å². The SMILES string of the molecule is B[C@@H]1O[C@H](COC(=O)OCc2ccccc2)C(OP(O)(=S)OC)[C@@H]1C/C=C/CCCCNC(=O)CCCCO[C@@H]1O[C@H](CO)[C@H](O)[C@H](O)[C@H]1NC(C)=O. The van der Waals surface area contributed by atoms with Crippen molar-refractivity contribution in [2.24, 2.45) is 5.92 Å². The van der Waals surface area contributed by atoms with Gasteiger partial charge in [-0.1, -0.05) is 42.5 Å². The third-order valence-electron chi connectivity index (χ3n) is 8.86. The van der Waals surface area contributed by atoms with Gasteiger partial charge in [0.2, 0.25) is 11.8 Å². The van der Waals surface area contributed by atoms with E-state index in [-0.39, 0.29) is 37.6 Å². The fraction of sp³-hybridized carbons (Fsp3) is 0.676. The zero-order chi connectivity index (χ0) is 38.8. The molecule has 2 aliphatic heterocycles. The second-order valence-corrected chi connectivity index (χ2v) is 15.8. The summed E-state index contributed by atoms with van der Waals surface area (Å²) in [6, 6.07) is 7.92. The highest BCUT2D eigenvalue weighted by atomic mass is 32.5. The largest absolute Gasteiger partial charge is 0.508 e. The Morgan fingerprint density at radius 2 is 1.77 bits per heavy atom. The van der Waals surface area contributed by atoms with E-state index in [4.69, 9.17) is 44.5 Å². The van der Waals surface area contributed by atoms with E-state index in [9.17, 15) is 34.6 Å². The first-order valence-electron chi connectivity index (χ1n) is 17.8. The van der Waals surface area contributed by atoms with E-state index < -0.39 is 68.2 Å². The Labute approximate surface area is 316 Å². The van der Waals surface area contributed by atoms with E-state index in [1.807, 2.05) is 50.3 Å². The van der Waals surface area contributed by atoms with Crippen LogP contribution in [0.5, 0.6) is 0 Å². The third-order valence-corrected chi connectivity index (χ3v) is 10.5. The molecule has 16 nitrogen and oxygen atoms in total. The Kier molecular flexibility index (Phi) is 19.9. The summed E-state index contributed by atoms with van der Waals surface area (Å²) >= 11 is 5.10. The fourth-order valence-electron chi connectivity index (χ4n) is 5.98. The highest BCUT2D eigenvalue weighted by molar-refractivity contribution is 8.07. The second-order valence-electron chi connectivity index (χ2n) is 12.9. The van der Waals surface area contributed by atoms with Crippen molar-refractivity contribution >= 4 is 44.3 Å². The number of carbonyl (C=O) groups excluding carboxylic acids is 3. The predicted molar refractivity (Wildman–Crippen MR) is 197 cm³/mol. The molecule has 2 aliphatic rings. The molecule has 19 heteroatoms. The van der Waals surface area contributed by atoms with Gasteiger partial charge >= 0.3 is 12.9 Å². The Hall–Kier alpha value is -2.48. The molecular formula is C34H54BN2O14PS. The molecule has 0 aliphatic carbocycles. The lowest BCUT2D eigenvalue weighted by molar-refractivity contribution is -0.270. The number of ether oxygens (including phenoxy) is 5. The van der Waals surface area contributed by atoms with Gasteiger partial charge in [-0.05, 0) is 55.9 Å². The molecular weight excluding hydrogens is 734 g/mol. The maximum absolute atomic E-state index is 12.3. The van der Waals surface area contributed by atoms with Crippen LogP contribution in [-0.4, -0.2) is 128 Å². The smallest absolute Gasteiger partial charge is 0.431 e. The van der Waals surface area contributed by atoms with E-state index in [2.05, 4.69) is 10.6 Å². The summed E-state index contributed by atoms with van der Waals surface area (Å²) in [6.45, 7) is -2.19. The zero-order valence-electron chi connectivity index (χ0n) is 30.4. The molecule has 0 aromatic heterocycles. The Bertz CT molecular complexity index is 1350. The van der Waals surface area contributed by atoms with Gasteiger partial charge in [-0.15, -0.1) is 0 Å². The van der Waals surface area contributed by atoms with E-state index in [0.717, 1.165) is 24.8 Å². The van der Waals surface area contributed by atoms with Gasteiger partial charge in [0.15, 0.2) is 6.29 Å². The standard InChI is InChI=1S/C34H54BN2O14PS/c1-22(39)37-28-30(42)29(41)25(19-38)50-33(28)46-18-12-10-16-27(40)36-17-11-5-3-4-9-15-24-31(51-52(44,53)45-2)26(49-32(24)35)21-48-34(43)47-20-23-13-7-6-8-14-23/h4,6-9,13-14,24-26,28-33,38,41-42H,3,5,10-12,15-21,35H2,1-2H3,(H,36,40)(H,37,39)(H,44,53)/b9-4+/t24-,25+,26+,28+,29-,30+,31?,32+,33+,52?/m0/s1. The summed E-state index contributed by atoms with van der Waals surface area (Å²) in [7, 11) is 3.15. The van der Waals surface area contributed by atoms with E-state index in [1.165, 1.54) is 14.0 Å². The Balaban J connectivity index is 1.31. The van der Waals surface area contributed by atoms with Crippen LogP contribution >= 0.6 is 6.72 Å². The molecule has 6 N–H and O–H groups in total. The summed E-state index contributed by atoms with van der Waals surface area (Å²) in [5.74, 6) is -0.717. The number of aliphatic hydroxyl groups is 3. The monoisotopic (exact) mass is 788 g/mol. The molecule has 298 valence electrons. The maximum Gasteiger partial charge on any atom is 0.508 e. The van der Waals surface area contributed by atoms with Crippen molar-refractivity contribution in [2.45, 2.75) is 107 Å². The summed E-state index contributed by atoms with van der Waals surface area (Å²) in [4.78, 5) is 46.5. The van der Waals surface area contributed by atoms with Crippen LogP contribution in [0.4, 0.5) is 4.79 Å². The second kappa shape index (κ2) is 23.4. The number of aliphatic hydroxyl groups excluding tert-OH is 3. The molecule has 0 bridgehead atoms. The first kappa shape index (κ1) is 44.9. The predicted octanol–water partition coefficient (Wildman–Crippen LogP) is 0.926. The molecule has 2 heterocycles. The van der Waals surface area contributed by atoms with Crippen LogP contribution in [0, 0.1) is 5.92 Å². The topological polar surface area (TPSA) is 221 Å². The average Bonchev–Trinajstić information content (AvgIpc) is 3.42. The number of benzene rings is 1. The van der Waals surface area contributed by atoms with Gasteiger partial charge in [0.1, 0.15) is 57.6 Å². The first-order valence-corrected chi connectivity index (χ1v) is 20.4. The number of hydrogen-bond donors (Lipinski definition) is 6. The van der Waals surface area contributed by atoms with Crippen molar-refractivity contribution in [3.05, 3.63) is 48.0 Å². The van der Waals surface area contributed by atoms with Crippen molar-refractivity contribution in [3.63, 3.8) is 0 Å². The van der Waals surface area contributed by atoms with Crippen molar-refractivity contribution in [1.82, 2.24) is 10.6 Å². The number of nitrogens with one attached hydrogen (secondary N) is 2. The number of unbranched alkanes of at least 4 members (excludes halogenated alkanes) is 3. The summed E-state index contributed by atoms with van der Waals surface area (Å²) in [5.41, 5.74) is 0.820. The van der Waals surface area contributed by atoms with Crippen molar-refractivity contribution in [2.75, 3.05) is 33.5 Å². The normalized spacial score (nSPS) is 28.3. The van der Waals surface area contributed by atoms with Gasteiger partial charge in [0.05, 0.1) is 6.61 Å². The molecule has 53 heavy (non-hydrogen) atoms. The lowest BCUT2D eigenvalue weighted by Gasteiger charge is -2.42. The van der Waals surface area contributed by atoms with E-state index in [0.29, 0.717) is 32.2 Å². The van der Waals surface area contributed by atoms with Crippen molar-refractivity contribution < 1.29 is 67.3 Å². The highest BCUT2D eigenvalue weighted by Crippen LogP contribution is 2.48. The first-order chi connectivity index (χ1) is 25.3. The molecule has 1 aromatic rings. The summed E-state index contributed by atoms with van der Waals surface area (Å²) in [5, 5.41) is 35.3. The molecule has 0 radical (unpaired) electrons. The number of amides is 2. The average molecular weight is 789 g/mol. The van der Waals surface area contributed by atoms with Crippen LogP contribution in [0.1, 0.15) is 57.4 Å². The van der Waals surface area contributed by atoms with Crippen molar-refractivity contribution in [3.8, 4) is 0 Å². The van der Waals surface area contributed by atoms with Crippen molar-refractivity contribution in [1.29, 1.82) is 0 Å². The molecule has 1 aromatic carbocycles. The van der Waals surface area contributed by atoms with Gasteiger partial charge in [0, 0.05) is 45.5 Å². The maximum atomic E-state index is 12.3. The molecule has 3 rings (SSSR count). The summed E-state index contributed by atoms with van der Waals surface area (Å²) < 4.78 is 38.6. The van der Waals surface area contributed by atoms with E-state index in [1.54, 1.807) is 0 Å². The van der Waals surface area contributed by atoms with Crippen LogP contribution in [0.25, 0.3) is 0 Å². The molecule has 2 fully saturated rings. The summed E-state index contributed by atoms with van der Waals surface area (Å²) in [6.07, 6.45) is 1.24. The molecule has 10 atom stereocenters. The van der Waals surface area contributed by atoms with Crippen LogP contribution in [-0.2, 0) is 60.7 Å². The molecule has 2 unspecified atom stereocenters. The van der Waals surface area contributed by atoms with Crippen LogP contribution < -0.4 is 10.6 Å². The molecule has 2 amide bonds. The van der Waals surface area contributed by atoms with Gasteiger partial charge in [0.25, 0.3) is 0 Å². The minimum atomic E-state index is -3.54. The van der Waals surface area contributed by atoms with Crippen LogP contribution in [0.2, 0.25) is 0 Å². The highest BCUT2D eigenvalue weighted by Gasteiger charge is 2.46. The van der Waals surface area contributed by atoms with E-state index >= 15 is 0 Å². The molecule has 0 spiro atoms. The number of hydrogen-bond acceptors (Lipinski definition) is 14.